The Hall–Kier alpha value is -1.69. The summed E-state index contributed by atoms with van der Waals surface area (Å²) in [4.78, 5) is 0. The predicted molar refractivity (Wildman–Crippen MR) is 60.7 cm³/mol. The second kappa shape index (κ2) is 4.67. The third-order valence-corrected chi connectivity index (χ3v) is 2.12. The van der Waals surface area contributed by atoms with Crippen molar-refractivity contribution in [2.24, 2.45) is 0 Å². The molecule has 0 saturated carbocycles. The predicted octanol–water partition coefficient (Wildman–Crippen LogP) is 3.10. The van der Waals surface area contributed by atoms with E-state index in [2.05, 4.69) is 10.2 Å². The molecule has 7 heteroatoms. The fourth-order valence-electron chi connectivity index (χ4n) is 1.32. The Morgan fingerprint density at radius 2 is 1.71 bits per heavy atom. The first-order chi connectivity index (χ1) is 7.47. The van der Waals surface area contributed by atoms with Crippen molar-refractivity contribution in [3.8, 4) is 11.3 Å². The third-order valence-electron chi connectivity index (χ3n) is 2.12. The number of nitrogens with two attached hydrogens (primary N) is 1. The number of aromatic amines is 1. The summed E-state index contributed by atoms with van der Waals surface area (Å²) in [5.74, 6) is 0.301. The smallest absolute Gasteiger partial charge is 0.382 e. The molecule has 0 amide bonds. The van der Waals surface area contributed by atoms with Gasteiger partial charge in [-0.05, 0) is 17.7 Å². The van der Waals surface area contributed by atoms with Gasteiger partial charge in [0, 0.05) is 6.07 Å². The minimum Gasteiger partial charge on any atom is -0.382 e. The van der Waals surface area contributed by atoms with E-state index in [1.165, 1.54) is 12.1 Å². The zero-order chi connectivity index (χ0) is 11.8. The van der Waals surface area contributed by atoms with Crippen molar-refractivity contribution in [2.75, 3.05) is 5.73 Å². The van der Waals surface area contributed by atoms with Gasteiger partial charge in [-0.1, -0.05) is 12.1 Å². The van der Waals surface area contributed by atoms with E-state index < -0.39 is 11.7 Å². The van der Waals surface area contributed by atoms with Crippen molar-refractivity contribution in [2.45, 2.75) is 6.18 Å². The maximum Gasteiger partial charge on any atom is 0.416 e. The molecule has 3 nitrogen and oxygen atoms in total. The van der Waals surface area contributed by atoms with E-state index >= 15 is 0 Å². The molecule has 3 N–H and O–H groups in total. The van der Waals surface area contributed by atoms with Gasteiger partial charge in [0.25, 0.3) is 0 Å². The largest absolute Gasteiger partial charge is 0.416 e. The number of hydrogen-bond donors (Lipinski definition) is 2. The van der Waals surface area contributed by atoms with Crippen LogP contribution < -0.4 is 5.73 Å². The van der Waals surface area contributed by atoms with Crippen molar-refractivity contribution in [3.05, 3.63) is 35.9 Å². The zero-order valence-electron chi connectivity index (χ0n) is 8.45. The molecule has 0 saturated heterocycles. The van der Waals surface area contributed by atoms with Gasteiger partial charge >= 0.3 is 6.18 Å². The maximum atomic E-state index is 12.3. The number of nitrogens with one attached hydrogen (secondary N) is 1. The van der Waals surface area contributed by atoms with Crippen LogP contribution in [-0.2, 0) is 6.18 Å². The van der Waals surface area contributed by atoms with Gasteiger partial charge in [0.1, 0.15) is 5.82 Å². The van der Waals surface area contributed by atoms with Crippen LogP contribution in [0.5, 0.6) is 0 Å². The lowest BCUT2D eigenvalue weighted by Crippen LogP contribution is -2.03. The summed E-state index contributed by atoms with van der Waals surface area (Å²) >= 11 is 0. The number of anilines is 1. The Morgan fingerprint density at radius 3 is 2.12 bits per heavy atom. The summed E-state index contributed by atoms with van der Waals surface area (Å²) in [7, 11) is 0. The Labute approximate surface area is 101 Å². The van der Waals surface area contributed by atoms with Crippen LogP contribution in [-0.4, -0.2) is 10.2 Å². The van der Waals surface area contributed by atoms with Crippen LogP contribution in [0.2, 0.25) is 0 Å². The van der Waals surface area contributed by atoms with Gasteiger partial charge in [-0.3, -0.25) is 5.10 Å². The summed E-state index contributed by atoms with van der Waals surface area (Å²) in [5, 5.41) is 6.32. The average molecular weight is 264 g/mol. The number of nitrogens with zero attached hydrogens (tertiary/aromatic N) is 1. The molecule has 0 radical (unpaired) electrons. The molecule has 1 aromatic carbocycles. The van der Waals surface area contributed by atoms with E-state index in [0.717, 1.165) is 12.1 Å². The highest BCUT2D eigenvalue weighted by Crippen LogP contribution is 2.30. The van der Waals surface area contributed by atoms with Crippen molar-refractivity contribution in [1.82, 2.24) is 10.2 Å². The average Bonchev–Trinajstić information content (AvgIpc) is 2.64. The van der Waals surface area contributed by atoms with Gasteiger partial charge in [-0.15, -0.1) is 12.4 Å². The number of benzene rings is 1. The second-order valence-electron chi connectivity index (χ2n) is 3.28. The number of H-pyrrole nitrogens is 1. The first-order valence-corrected chi connectivity index (χ1v) is 4.45. The second-order valence-corrected chi connectivity index (χ2v) is 3.28. The molecule has 2 aromatic rings. The van der Waals surface area contributed by atoms with Crippen LogP contribution >= 0.6 is 12.4 Å². The number of alkyl halides is 3. The summed E-state index contributed by atoms with van der Waals surface area (Å²) in [5.41, 5.74) is 5.91. The van der Waals surface area contributed by atoms with Crippen LogP contribution in [0.4, 0.5) is 19.0 Å². The fourth-order valence-corrected chi connectivity index (χ4v) is 1.32. The first kappa shape index (κ1) is 13.4. The van der Waals surface area contributed by atoms with Gasteiger partial charge in [0.2, 0.25) is 0 Å². The van der Waals surface area contributed by atoms with Crippen LogP contribution in [0.15, 0.2) is 30.3 Å². The number of nitrogen functional groups attached to an aromatic ring is 1. The van der Waals surface area contributed by atoms with E-state index in [-0.39, 0.29) is 12.4 Å². The molecule has 92 valence electrons. The van der Waals surface area contributed by atoms with Gasteiger partial charge in [0.15, 0.2) is 0 Å². The first-order valence-electron chi connectivity index (χ1n) is 4.45. The highest BCUT2D eigenvalue weighted by Gasteiger charge is 2.29. The fraction of sp³-hybridized carbons (Fsp3) is 0.100. The molecule has 0 spiro atoms. The minimum atomic E-state index is -4.31. The molecule has 0 aliphatic rings. The van der Waals surface area contributed by atoms with E-state index in [0.29, 0.717) is 17.1 Å². The van der Waals surface area contributed by atoms with Crippen molar-refractivity contribution >= 4 is 18.2 Å². The summed E-state index contributed by atoms with van der Waals surface area (Å²) in [6.07, 6.45) is -4.31. The third kappa shape index (κ3) is 2.91. The van der Waals surface area contributed by atoms with Crippen LogP contribution in [0, 0.1) is 0 Å². The van der Waals surface area contributed by atoms with Crippen LogP contribution in [0.3, 0.4) is 0 Å². The Balaban J connectivity index is 0.00000144. The van der Waals surface area contributed by atoms with E-state index in [1.54, 1.807) is 6.07 Å². The molecule has 0 aliphatic heterocycles. The standard InChI is InChI=1S/C10H8F3N3.ClH/c11-10(12,13)7-3-1-6(2-4-7)8-5-9(14)16-15-8;/h1-5H,(H3,14,15,16);1H. The molecule has 1 heterocycles. The lowest BCUT2D eigenvalue weighted by Gasteiger charge is -2.06. The number of halogens is 4. The van der Waals surface area contributed by atoms with Crippen LogP contribution in [0.25, 0.3) is 11.3 Å². The van der Waals surface area contributed by atoms with Crippen molar-refractivity contribution in [3.63, 3.8) is 0 Å². The summed E-state index contributed by atoms with van der Waals surface area (Å²) in [6.45, 7) is 0. The van der Waals surface area contributed by atoms with E-state index in [9.17, 15) is 13.2 Å². The van der Waals surface area contributed by atoms with E-state index in [4.69, 9.17) is 5.73 Å². The zero-order valence-corrected chi connectivity index (χ0v) is 9.27. The maximum absolute atomic E-state index is 12.3. The highest BCUT2D eigenvalue weighted by atomic mass is 35.5. The summed E-state index contributed by atoms with van der Waals surface area (Å²) < 4.78 is 36.9. The molecule has 2 rings (SSSR count). The van der Waals surface area contributed by atoms with E-state index in [1.807, 2.05) is 0 Å². The van der Waals surface area contributed by atoms with Gasteiger partial charge in [-0.2, -0.15) is 18.3 Å². The van der Waals surface area contributed by atoms with Crippen molar-refractivity contribution < 1.29 is 13.2 Å². The SMILES string of the molecule is Cl.Nc1cc(-c2ccc(C(F)(F)F)cc2)[nH]n1. The monoisotopic (exact) mass is 263 g/mol. The normalized spacial score (nSPS) is 11.0. The van der Waals surface area contributed by atoms with Crippen molar-refractivity contribution in [1.29, 1.82) is 0 Å². The van der Waals surface area contributed by atoms with Gasteiger partial charge < -0.3 is 5.73 Å². The number of aromatic nitrogens is 2. The number of rotatable bonds is 1. The lowest BCUT2D eigenvalue weighted by molar-refractivity contribution is -0.137. The molecule has 1 aromatic heterocycles. The highest BCUT2D eigenvalue weighted by molar-refractivity contribution is 5.85. The number of hydrogen-bond acceptors (Lipinski definition) is 2. The molecule has 0 aliphatic carbocycles. The molecule has 0 bridgehead atoms. The summed E-state index contributed by atoms with van der Waals surface area (Å²) in [6, 6.07) is 6.34. The Bertz CT molecular complexity index is 490. The Kier molecular flexibility index (Phi) is 3.67. The van der Waals surface area contributed by atoms with Gasteiger partial charge in [0.05, 0.1) is 11.3 Å². The molecule has 0 fully saturated rings. The molecular weight excluding hydrogens is 255 g/mol. The minimum absolute atomic E-state index is 0. The quantitative estimate of drug-likeness (QED) is 0.831. The topological polar surface area (TPSA) is 54.7 Å². The van der Waals surface area contributed by atoms with Crippen LogP contribution in [0.1, 0.15) is 5.56 Å². The molecular formula is C10H9ClF3N3. The van der Waals surface area contributed by atoms with Gasteiger partial charge in [-0.25, -0.2) is 0 Å². The lowest BCUT2D eigenvalue weighted by atomic mass is 10.1. The Morgan fingerprint density at radius 1 is 1.12 bits per heavy atom. The molecule has 17 heavy (non-hydrogen) atoms. The molecule has 0 unspecified atom stereocenters. The molecule has 0 atom stereocenters.